The van der Waals surface area contributed by atoms with E-state index < -0.39 is 0 Å². The minimum Gasteiger partial charge on any atom is -0.393 e. The van der Waals surface area contributed by atoms with Crippen molar-refractivity contribution in [2.45, 2.75) is 26.2 Å². The molecule has 0 saturated heterocycles. The molecular weight excluding hydrogens is 130 g/mol. The predicted molar refractivity (Wildman–Crippen MR) is 41.3 cm³/mol. The van der Waals surface area contributed by atoms with Crippen molar-refractivity contribution in [1.82, 2.24) is 0 Å². The van der Waals surface area contributed by atoms with Crippen LogP contribution in [0.2, 0.25) is 0 Å². The van der Waals surface area contributed by atoms with E-state index in [0.29, 0.717) is 6.61 Å². The quantitative estimate of drug-likeness (QED) is 0.254. The van der Waals surface area contributed by atoms with Gasteiger partial charge in [-0.05, 0) is 11.6 Å². The molecule has 0 aromatic carbocycles. The monoisotopic (exact) mass is 145 g/mol. The van der Waals surface area contributed by atoms with Crippen LogP contribution in [0.15, 0.2) is 5.16 Å². The lowest BCUT2D eigenvalue weighted by atomic mass is 10.3. The zero-order valence-electron chi connectivity index (χ0n) is 6.34. The molecule has 4 nitrogen and oxygen atoms in total. The summed E-state index contributed by atoms with van der Waals surface area (Å²) in [4.78, 5) is 4.74. The summed E-state index contributed by atoms with van der Waals surface area (Å²) in [6, 6.07) is 0. The second-order valence-electron chi connectivity index (χ2n) is 2.06. The maximum atomic E-state index is 5.01. The summed E-state index contributed by atoms with van der Waals surface area (Å²) >= 11 is 0. The molecule has 0 spiro atoms. The number of nitrogens with zero attached hydrogens (tertiary/aromatic N) is 1. The first-order chi connectivity index (χ1) is 4.77. The van der Waals surface area contributed by atoms with Crippen LogP contribution >= 0.6 is 0 Å². The second kappa shape index (κ2) is 6.19. The van der Waals surface area contributed by atoms with Crippen LogP contribution in [0, 0.1) is 0 Å². The lowest BCUT2D eigenvalue weighted by Gasteiger charge is -1.96. The largest absolute Gasteiger partial charge is 0.393 e. The van der Waals surface area contributed by atoms with Crippen LogP contribution in [-0.4, -0.2) is 12.6 Å². The van der Waals surface area contributed by atoms with Crippen LogP contribution in [0.3, 0.4) is 0 Å². The summed E-state index contributed by atoms with van der Waals surface area (Å²) in [6.07, 6.45) is 3.33. The van der Waals surface area contributed by atoms with Crippen molar-refractivity contribution >= 4 is 5.96 Å². The Labute approximate surface area is 61.2 Å². The molecular formula is C6H15N3O. The minimum atomic E-state index is -0.0171. The van der Waals surface area contributed by atoms with Gasteiger partial charge in [-0.1, -0.05) is 19.8 Å². The molecule has 0 aromatic rings. The first kappa shape index (κ1) is 9.07. The summed E-state index contributed by atoms with van der Waals surface area (Å²) in [7, 11) is 0. The van der Waals surface area contributed by atoms with E-state index in [9.17, 15) is 0 Å². The Morgan fingerprint density at radius 3 is 2.60 bits per heavy atom. The molecule has 0 bridgehead atoms. The summed E-state index contributed by atoms with van der Waals surface area (Å²) < 4.78 is 0. The van der Waals surface area contributed by atoms with Crippen LogP contribution in [0.5, 0.6) is 0 Å². The third-order valence-corrected chi connectivity index (χ3v) is 1.01. The Morgan fingerprint density at radius 2 is 2.10 bits per heavy atom. The Bertz CT molecular complexity index is 99.2. The van der Waals surface area contributed by atoms with Gasteiger partial charge in [0.25, 0.3) is 0 Å². The van der Waals surface area contributed by atoms with E-state index in [-0.39, 0.29) is 5.96 Å². The predicted octanol–water partition coefficient (Wildman–Crippen LogP) is 0.382. The van der Waals surface area contributed by atoms with Crippen molar-refractivity contribution in [2.24, 2.45) is 16.6 Å². The molecule has 0 atom stereocenters. The molecule has 4 heteroatoms. The van der Waals surface area contributed by atoms with E-state index in [2.05, 4.69) is 12.1 Å². The third kappa shape index (κ3) is 7.07. The molecule has 0 aliphatic heterocycles. The number of rotatable bonds is 5. The van der Waals surface area contributed by atoms with Gasteiger partial charge in [-0.25, -0.2) is 0 Å². The lowest BCUT2D eigenvalue weighted by Crippen LogP contribution is -2.22. The molecule has 0 amide bonds. The number of oxime groups is 1. The normalized spacial score (nSPS) is 8.90. The molecule has 0 aliphatic rings. The van der Waals surface area contributed by atoms with Gasteiger partial charge in [0.1, 0.15) is 6.61 Å². The highest BCUT2D eigenvalue weighted by atomic mass is 16.6. The number of nitrogens with two attached hydrogens (primary N) is 2. The van der Waals surface area contributed by atoms with Gasteiger partial charge in [-0.3, -0.25) is 0 Å². The van der Waals surface area contributed by atoms with Crippen molar-refractivity contribution in [3.8, 4) is 0 Å². The first-order valence-corrected chi connectivity index (χ1v) is 3.48. The molecule has 0 unspecified atom stereocenters. The van der Waals surface area contributed by atoms with Crippen molar-refractivity contribution < 1.29 is 4.84 Å². The van der Waals surface area contributed by atoms with Gasteiger partial charge < -0.3 is 16.3 Å². The Morgan fingerprint density at radius 1 is 1.40 bits per heavy atom. The van der Waals surface area contributed by atoms with Crippen molar-refractivity contribution in [1.29, 1.82) is 0 Å². The Hall–Kier alpha value is -0.930. The van der Waals surface area contributed by atoms with Gasteiger partial charge in [-0.2, -0.15) is 0 Å². The summed E-state index contributed by atoms with van der Waals surface area (Å²) in [5.74, 6) is -0.0171. The van der Waals surface area contributed by atoms with Gasteiger partial charge in [0, 0.05) is 0 Å². The van der Waals surface area contributed by atoms with E-state index >= 15 is 0 Å². The zero-order chi connectivity index (χ0) is 7.82. The smallest absolute Gasteiger partial charge is 0.228 e. The Balaban J connectivity index is 2.98. The highest BCUT2D eigenvalue weighted by Crippen LogP contribution is 1.93. The number of hydrogen-bond acceptors (Lipinski definition) is 2. The fourth-order valence-corrected chi connectivity index (χ4v) is 0.537. The van der Waals surface area contributed by atoms with E-state index in [1.54, 1.807) is 0 Å². The molecule has 0 rings (SSSR count). The maximum absolute atomic E-state index is 5.01. The zero-order valence-corrected chi connectivity index (χ0v) is 6.34. The molecule has 0 fully saturated rings. The Kier molecular flexibility index (Phi) is 5.62. The van der Waals surface area contributed by atoms with Crippen LogP contribution in [0.1, 0.15) is 26.2 Å². The van der Waals surface area contributed by atoms with E-state index in [1.165, 1.54) is 6.42 Å². The van der Waals surface area contributed by atoms with E-state index in [4.69, 9.17) is 16.3 Å². The first-order valence-electron chi connectivity index (χ1n) is 3.48. The van der Waals surface area contributed by atoms with Gasteiger partial charge in [0.2, 0.25) is 5.96 Å². The average molecular weight is 145 g/mol. The van der Waals surface area contributed by atoms with Crippen molar-refractivity contribution in [3.63, 3.8) is 0 Å². The SMILES string of the molecule is CCCCCON=C(N)N. The lowest BCUT2D eigenvalue weighted by molar-refractivity contribution is 0.139. The molecule has 0 heterocycles. The number of unbranched alkanes of at least 4 members (excludes halogenated alkanes) is 2. The molecule has 4 N–H and O–H groups in total. The third-order valence-electron chi connectivity index (χ3n) is 1.01. The molecule has 0 aromatic heterocycles. The number of hydrogen-bond donors (Lipinski definition) is 2. The average Bonchev–Trinajstić information content (AvgIpc) is 1.87. The fourth-order valence-electron chi connectivity index (χ4n) is 0.537. The van der Waals surface area contributed by atoms with E-state index in [0.717, 1.165) is 12.8 Å². The standard InChI is InChI=1S/C6H15N3O/c1-2-3-4-5-10-9-6(7)8/h2-5H2,1H3,(H4,7,8,9). The summed E-state index contributed by atoms with van der Waals surface area (Å²) in [5, 5.41) is 3.37. The van der Waals surface area contributed by atoms with Gasteiger partial charge in [-0.15, -0.1) is 0 Å². The molecule has 0 radical (unpaired) electrons. The highest BCUT2D eigenvalue weighted by Gasteiger charge is 1.85. The fraction of sp³-hybridized carbons (Fsp3) is 0.833. The second-order valence-corrected chi connectivity index (χ2v) is 2.06. The van der Waals surface area contributed by atoms with Crippen LogP contribution < -0.4 is 11.5 Å². The summed E-state index contributed by atoms with van der Waals surface area (Å²) in [5.41, 5.74) is 10.0. The molecule has 60 valence electrons. The van der Waals surface area contributed by atoms with Crippen molar-refractivity contribution in [2.75, 3.05) is 6.61 Å². The maximum Gasteiger partial charge on any atom is 0.228 e. The van der Waals surface area contributed by atoms with Gasteiger partial charge in [0.15, 0.2) is 0 Å². The molecule has 10 heavy (non-hydrogen) atoms. The topological polar surface area (TPSA) is 73.6 Å². The minimum absolute atomic E-state index is 0.0171. The van der Waals surface area contributed by atoms with Crippen LogP contribution in [-0.2, 0) is 4.84 Å². The van der Waals surface area contributed by atoms with Gasteiger partial charge in [0.05, 0.1) is 0 Å². The van der Waals surface area contributed by atoms with Gasteiger partial charge >= 0.3 is 0 Å². The van der Waals surface area contributed by atoms with Crippen LogP contribution in [0.4, 0.5) is 0 Å². The van der Waals surface area contributed by atoms with Crippen molar-refractivity contribution in [3.05, 3.63) is 0 Å². The van der Waals surface area contributed by atoms with Crippen LogP contribution in [0.25, 0.3) is 0 Å². The summed E-state index contributed by atoms with van der Waals surface area (Å²) in [6.45, 7) is 2.73. The number of guanidine groups is 1. The molecule has 0 aliphatic carbocycles. The van der Waals surface area contributed by atoms with E-state index in [1.807, 2.05) is 0 Å². The molecule has 0 saturated carbocycles. The highest BCUT2D eigenvalue weighted by molar-refractivity contribution is 5.74.